The predicted molar refractivity (Wildman–Crippen MR) is 224 cm³/mol. The van der Waals surface area contributed by atoms with Crippen LogP contribution in [0.25, 0.3) is 11.0 Å². The summed E-state index contributed by atoms with van der Waals surface area (Å²) < 4.78 is 46.3. The summed E-state index contributed by atoms with van der Waals surface area (Å²) in [6.07, 6.45) is 6.64. The first-order valence-electron chi connectivity index (χ1n) is 19.1. The molecule has 18 heteroatoms. The summed E-state index contributed by atoms with van der Waals surface area (Å²) >= 11 is 3.54. The molecule has 0 bridgehead atoms. The molecule has 1 atom stereocenters. The fraction of sp³-hybridized carbons (Fsp3) is 0.375. The summed E-state index contributed by atoms with van der Waals surface area (Å²) in [5.74, 6) is 0.683. The normalized spacial score (nSPS) is 17.5. The third kappa shape index (κ3) is 7.86. The van der Waals surface area contributed by atoms with E-state index in [-0.39, 0.29) is 22.8 Å². The second-order valence-electron chi connectivity index (χ2n) is 14.5. The van der Waals surface area contributed by atoms with Crippen molar-refractivity contribution in [1.29, 1.82) is 0 Å². The lowest BCUT2D eigenvalue weighted by atomic mass is 10.0. The highest BCUT2D eigenvalue weighted by atomic mass is 79.9. The number of hydrogen-bond donors (Lipinski definition) is 3. The zero-order valence-corrected chi connectivity index (χ0v) is 35.2. The minimum absolute atomic E-state index is 0.106. The van der Waals surface area contributed by atoms with Gasteiger partial charge in [-0.25, -0.2) is 9.37 Å². The van der Waals surface area contributed by atoms with Crippen LogP contribution in [0.4, 0.5) is 33.2 Å². The fourth-order valence-corrected chi connectivity index (χ4v) is 9.75. The lowest BCUT2D eigenvalue weighted by Gasteiger charge is -2.37. The van der Waals surface area contributed by atoms with Gasteiger partial charge in [0.15, 0.2) is 0 Å². The Bertz CT molecular complexity index is 2400. The van der Waals surface area contributed by atoms with Gasteiger partial charge in [-0.3, -0.25) is 24.2 Å². The molecule has 2 aromatic heterocycles. The largest absolute Gasteiger partial charge is 0.494 e. The van der Waals surface area contributed by atoms with Gasteiger partial charge in [-0.15, -0.1) is 0 Å². The van der Waals surface area contributed by atoms with Crippen LogP contribution in [0.1, 0.15) is 39.9 Å². The summed E-state index contributed by atoms with van der Waals surface area (Å²) in [5, 5.41) is 10.2. The number of carbonyl (C=O) groups is 1. The number of rotatable bonds is 12. The highest BCUT2D eigenvalue weighted by Gasteiger charge is 2.36. The number of methoxy groups -OCH3 is 1. The number of anilines is 5. The molecule has 8 rings (SSSR count). The van der Waals surface area contributed by atoms with Crippen molar-refractivity contribution in [3.05, 3.63) is 87.5 Å². The van der Waals surface area contributed by atoms with E-state index in [1.54, 1.807) is 31.6 Å². The number of carbonyl (C=O) groups excluding carboxylic acids is 1. The van der Waals surface area contributed by atoms with E-state index >= 15 is 4.39 Å². The lowest BCUT2D eigenvalue weighted by Crippen LogP contribution is -2.46. The molecule has 1 unspecified atom stereocenters. The van der Waals surface area contributed by atoms with Crippen LogP contribution >= 0.6 is 23.5 Å². The van der Waals surface area contributed by atoms with E-state index < -0.39 is 13.4 Å². The van der Waals surface area contributed by atoms with E-state index in [2.05, 4.69) is 63.6 Å². The van der Waals surface area contributed by atoms with Crippen molar-refractivity contribution in [3.8, 4) is 5.75 Å². The summed E-state index contributed by atoms with van der Waals surface area (Å²) in [6, 6.07) is 11.2. The number of nitrogens with one attached hydrogen (secondary N) is 3. The molecule has 1 amide bonds. The van der Waals surface area contributed by atoms with Crippen LogP contribution in [0.2, 0.25) is 0 Å². The molecule has 3 aliphatic heterocycles. The van der Waals surface area contributed by atoms with Gasteiger partial charge in [0.05, 0.1) is 34.0 Å². The number of amides is 1. The maximum absolute atomic E-state index is 15.4. The van der Waals surface area contributed by atoms with Gasteiger partial charge >= 0.3 is 7.60 Å². The maximum atomic E-state index is 15.4. The quantitative estimate of drug-likeness (QED) is 0.121. The summed E-state index contributed by atoms with van der Waals surface area (Å²) in [4.78, 5) is 37.6. The van der Waals surface area contributed by atoms with Crippen molar-refractivity contribution in [3.63, 3.8) is 0 Å². The molecule has 0 radical (unpaired) electrons. The Balaban J connectivity index is 0.949. The molecular weight excluding hydrogens is 830 g/mol. The molecule has 0 aliphatic carbocycles. The molecule has 5 aromatic rings. The second-order valence-corrected chi connectivity index (χ2v) is 17.6. The molecule has 5 heterocycles. The Labute approximate surface area is 344 Å². The van der Waals surface area contributed by atoms with Crippen LogP contribution in [-0.2, 0) is 26.7 Å². The van der Waals surface area contributed by atoms with Gasteiger partial charge in [0, 0.05) is 96.4 Å². The maximum Gasteiger partial charge on any atom is 0.365 e. The van der Waals surface area contributed by atoms with Crippen molar-refractivity contribution >= 4 is 74.6 Å². The predicted octanol–water partition coefficient (Wildman–Crippen LogP) is 6.27. The second kappa shape index (κ2) is 16.8. The molecule has 2 fully saturated rings. The van der Waals surface area contributed by atoms with E-state index in [4.69, 9.17) is 18.8 Å². The SMILES string of the molecule is COc1cc(N2CCN(Cc3cc(F)c4c(c3)CN(C3CCCNC3)C4=O)CC2)c(C)cc1Nc1ncc(Br)c(Nc2ccc3nccnc3c2P(=O)(OC)OC)n1. The molecular formula is C40H45BrFN10O5P. The monoisotopic (exact) mass is 874 g/mol. The number of hydrogen-bond acceptors (Lipinski definition) is 14. The first-order chi connectivity index (χ1) is 28.1. The highest BCUT2D eigenvalue weighted by Crippen LogP contribution is 2.49. The third-order valence-electron chi connectivity index (χ3n) is 11.0. The standard InChI is InChI=1S/C40H45BrFN10O5P/c1-24-16-32(48-40-46-21-28(41)38(49-40)47-31-8-7-30-36(45-11-10-44-30)37(31)58(54,56-3)57-4)34(55-2)19-33(24)51-14-12-50(13-15-51)22-25-17-26-23-52(27-6-5-9-43-20-27)39(53)35(26)29(42)18-25/h7-8,10-11,16-19,21,27,43H,5-6,9,12-15,20,22-23H2,1-4H3,(H2,46,47,48,49). The molecule has 0 saturated carbocycles. The fourth-order valence-electron chi connectivity index (χ4n) is 8.08. The number of fused-ring (bicyclic) bond motifs is 2. The average molecular weight is 876 g/mol. The van der Waals surface area contributed by atoms with E-state index in [1.165, 1.54) is 26.5 Å². The minimum Gasteiger partial charge on any atom is -0.494 e. The van der Waals surface area contributed by atoms with Crippen LogP contribution in [0, 0.1) is 12.7 Å². The number of nitrogens with zero attached hydrogens (tertiary/aromatic N) is 7. The molecule has 0 spiro atoms. The van der Waals surface area contributed by atoms with Crippen molar-refractivity contribution < 1.29 is 27.5 Å². The molecule has 2 saturated heterocycles. The first-order valence-corrected chi connectivity index (χ1v) is 21.4. The van der Waals surface area contributed by atoms with Gasteiger partial charge in [0.2, 0.25) is 5.95 Å². The van der Waals surface area contributed by atoms with Crippen molar-refractivity contribution in [2.75, 3.05) is 76.1 Å². The summed E-state index contributed by atoms with van der Waals surface area (Å²) in [6.45, 7) is 7.97. The Hall–Kier alpha value is -4.77. The number of halogens is 2. The summed E-state index contributed by atoms with van der Waals surface area (Å²) in [7, 11) is 0.469. The first kappa shape index (κ1) is 40.0. The highest BCUT2D eigenvalue weighted by molar-refractivity contribution is 9.10. The van der Waals surface area contributed by atoms with Crippen LogP contribution in [0.5, 0.6) is 5.75 Å². The van der Waals surface area contributed by atoms with Crippen molar-refractivity contribution in [2.45, 2.75) is 38.9 Å². The summed E-state index contributed by atoms with van der Waals surface area (Å²) in [5.41, 5.74) is 5.99. The van der Waals surface area contributed by atoms with Gasteiger partial charge in [0.1, 0.15) is 28.2 Å². The Morgan fingerprint density at radius 3 is 2.53 bits per heavy atom. The zero-order chi connectivity index (χ0) is 40.6. The number of aryl methyl sites for hydroxylation is 1. The minimum atomic E-state index is -3.79. The number of benzene rings is 3. The number of piperidine rings is 1. The van der Waals surface area contributed by atoms with E-state index in [0.29, 0.717) is 57.5 Å². The molecule has 3 N–H and O–H groups in total. The Morgan fingerprint density at radius 2 is 1.79 bits per heavy atom. The Morgan fingerprint density at radius 1 is 1.00 bits per heavy atom. The molecule has 58 heavy (non-hydrogen) atoms. The van der Waals surface area contributed by atoms with E-state index in [0.717, 1.165) is 74.5 Å². The molecule has 3 aromatic carbocycles. The Kier molecular flexibility index (Phi) is 11.6. The number of aromatic nitrogens is 4. The van der Waals surface area contributed by atoms with Crippen LogP contribution in [0.15, 0.2) is 59.5 Å². The molecule has 3 aliphatic rings. The van der Waals surface area contributed by atoms with Gasteiger partial charge in [-0.05, 0) is 83.2 Å². The van der Waals surface area contributed by atoms with Gasteiger partial charge in [0.25, 0.3) is 5.91 Å². The number of piperazine rings is 1. The average Bonchev–Trinajstić information content (AvgIpc) is 3.58. The van der Waals surface area contributed by atoms with Crippen LogP contribution in [-0.4, -0.2) is 102 Å². The van der Waals surface area contributed by atoms with Gasteiger partial charge in [-0.1, -0.05) is 6.07 Å². The topological polar surface area (TPSA) is 159 Å². The van der Waals surface area contributed by atoms with E-state index in [1.807, 2.05) is 23.1 Å². The lowest BCUT2D eigenvalue weighted by molar-refractivity contribution is 0.0671. The van der Waals surface area contributed by atoms with Crippen LogP contribution in [0.3, 0.4) is 0 Å². The molecule has 304 valence electrons. The smallest absolute Gasteiger partial charge is 0.365 e. The number of ether oxygens (including phenoxy) is 1. The van der Waals surface area contributed by atoms with Crippen LogP contribution < -0.4 is 30.9 Å². The van der Waals surface area contributed by atoms with Gasteiger partial charge < -0.3 is 39.5 Å². The third-order valence-corrected chi connectivity index (χ3v) is 13.6. The van der Waals surface area contributed by atoms with Crippen molar-refractivity contribution in [1.82, 2.24) is 35.1 Å². The van der Waals surface area contributed by atoms with Gasteiger partial charge in [-0.2, -0.15) is 4.98 Å². The molecule has 15 nitrogen and oxygen atoms in total. The zero-order valence-electron chi connectivity index (χ0n) is 32.7. The van der Waals surface area contributed by atoms with E-state index in [9.17, 15) is 9.36 Å². The van der Waals surface area contributed by atoms with Crippen molar-refractivity contribution in [2.24, 2.45) is 0 Å².